The lowest BCUT2D eigenvalue weighted by molar-refractivity contribution is 0.534. The van der Waals surface area contributed by atoms with Crippen LogP contribution in [0.25, 0.3) is 0 Å². The van der Waals surface area contributed by atoms with Crippen LogP contribution in [-0.2, 0) is 6.42 Å². The van der Waals surface area contributed by atoms with E-state index in [1.807, 2.05) is 0 Å². The third-order valence-corrected chi connectivity index (χ3v) is 3.00. The van der Waals surface area contributed by atoms with Gasteiger partial charge in [0.15, 0.2) is 0 Å². The van der Waals surface area contributed by atoms with Crippen molar-refractivity contribution in [3.05, 3.63) is 34.6 Å². The van der Waals surface area contributed by atoms with Crippen LogP contribution in [0, 0.1) is 11.7 Å². The van der Waals surface area contributed by atoms with Gasteiger partial charge in [0.25, 0.3) is 0 Å². The summed E-state index contributed by atoms with van der Waals surface area (Å²) in [7, 11) is 0. The Morgan fingerprint density at radius 3 is 2.56 bits per heavy atom. The zero-order valence-electron chi connectivity index (χ0n) is 11.1. The van der Waals surface area contributed by atoms with Gasteiger partial charge >= 0.3 is 0 Å². The molecule has 0 heterocycles. The molecular weight excluding hydrogens is 251 g/mol. The lowest BCUT2D eigenvalue weighted by atomic mass is 10.1. The average molecular weight is 273 g/mol. The van der Waals surface area contributed by atoms with E-state index < -0.39 is 0 Å². The molecule has 2 N–H and O–H groups in total. The molecule has 0 radical (unpaired) electrons. The minimum atomic E-state index is -0.220. The maximum absolute atomic E-state index is 13.4. The zero-order chi connectivity index (χ0) is 13.4. The maximum Gasteiger partial charge on any atom is 0.127 e. The van der Waals surface area contributed by atoms with Gasteiger partial charge in [0.05, 0.1) is 0 Å². The zero-order valence-corrected chi connectivity index (χ0v) is 11.9. The molecule has 0 saturated heterocycles. The normalized spacial score (nSPS) is 11.2. The molecule has 0 amide bonds. The molecule has 0 spiro atoms. The molecule has 0 bridgehead atoms. The Kier molecular flexibility index (Phi) is 7.25. The van der Waals surface area contributed by atoms with Gasteiger partial charge in [-0.2, -0.15) is 0 Å². The second kappa shape index (κ2) is 8.46. The minimum Gasteiger partial charge on any atom is -0.315 e. The lowest BCUT2D eigenvalue weighted by Gasteiger charge is -2.09. The fourth-order valence-electron chi connectivity index (χ4n) is 1.68. The smallest absolute Gasteiger partial charge is 0.127 e. The Labute approximate surface area is 114 Å². The first-order valence-electron chi connectivity index (χ1n) is 6.45. The second-order valence-electron chi connectivity index (χ2n) is 4.80. The lowest BCUT2D eigenvalue weighted by Crippen LogP contribution is -2.30. The monoisotopic (exact) mass is 272 g/mol. The molecule has 4 heteroatoms. The minimum absolute atomic E-state index is 0.220. The van der Waals surface area contributed by atoms with Crippen LogP contribution in [0.5, 0.6) is 0 Å². The summed E-state index contributed by atoms with van der Waals surface area (Å²) in [5.41, 5.74) is 0.599. The summed E-state index contributed by atoms with van der Waals surface area (Å²) in [6.07, 6.45) is 0.621. The van der Waals surface area contributed by atoms with E-state index in [0.29, 0.717) is 22.9 Å². The van der Waals surface area contributed by atoms with E-state index in [2.05, 4.69) is 24.5 Å². The number of rotatable bonds is 8. The van der Waals surface area contributed by atoms with Gasteiger partial charge in [-0.15, -0.1) is 0 Å². The number of nitrogens with one attached hydrogen (secondary N) is 2. The number of halogens is 2. The van der Waals surface area contributed by atoms with Crippen LogP contribution in [0.15, 0.2) is 18.2 Å². The quantitative estimate of drug-likeness (QED) is 0.711. The van der Waals surface area contributed by atoms with Gasteiger partial charge in [0.2, 0.25) is 0 Å². The van der Waals surface area contributed by atoms with Crippen LogP contribution in [0.2, 0.25) is 5.02 Å². The van der Waals surface area contributed by atoms with E-state index in [9.17, 15) is 4.39 Å². The summed E-state index contributed by atoms with van der Waals surface area (Å²) in [5.74, 6) is 0.449. The fourth-order valence-corrected chi connectivity index (χ4v) is 1.93. The molecule has 102 valence electrons. The first-order chi connectivity index (χ1) is 8.61. The third-order valence-electron chi connectivity index (χ3n) is 2.64. The summed E-state index contributed by atoms with van der Waals surface area (Å²) in [5, 5.41) is 7.13. The largest absolute Gasteiger partial charge is 0.315 e. The van der Waals surface area contributed by atoms with Crippen LogP contribution in [0.1, 0.15) is 19.4 Å². The second-order valence-corrected chi connectivity index (χ2v) is 5.21. The maximum atomic E-state index is 13.4. The van der Waals surface area contributed by atoms with E-state index in [1.54, 1.807) is 12.1 Å². The van der Waals surface area contributed by atoms with E-state index in [4.69, 9.17) is 11.6 Å². The SMILES string of the molecule is CC(C)CNCCNCCc1c(F)cccc1Cl. The number of benzene rings is 1. The molecule has 0 aliphatic carbocycles. The Balaban J connectivity index is 2.14. The van der Waals surface area contributed by atoms with Crippen molar-refractivity contribution in [2.24, 2.45) is 5.92 Å². The Bertz CT molecular complexity index is 335. The molecule has 1 aromatic rings. The first kappa shape index (κ1) is 15.4. The molecule has 18 heavy (non-hydrogen) atoms. The molecule has 0 unspecified atom stereocenters. The van der Waals surface area contributed by atoms with Crippen molar-refractivity contribution < 1.29 is 4.39 Å². The highest BCUT2D eigenvalue weighted by Crippen LogP contribution is 2.18. The molecule has 0 aromatic heterocycles. The van der Waals surface area contributed by atoms with Crippen molar-refractivity contribution in [3.63, 3.8) is 0 Å². The van der Waals surface area contributed by atoms with E-state index >= 15 is 0 Å². The van der Waals surface area contributed by atoms with Gasteiger partial charge in [-0.1, -0.05) is 31.5 Å². The van der Waals surface area contributed by atoms with Gasteiger partial charge in [-0.05, 0) is 37.6 Å². The van der Waals surface area contributed by atoms with E-state index in [1.165, 1.54) is 6.07 Å². The summed E-state index contributed by atoms with van der Waals surface area (Å²) in [4.78, 5) is 0. The highest BCUT2D eigenvalue weighted by Gasteiger charge is 2.05. The van der Waals surface area contributed by atoms with Gasteiger partial charge in [-0.3, -0.25) is 0 Å². The van der Waals surface area contributed by atoms with Gasteiger partial charge in [0, 0.05) is 23.7 Å². The van der Waals surface area contributed by atoms with E-state index in [-0.39, 0.29) is 5.82 Å². The first-order valence-corrected chi connectivity index (χ1v) is 6.83. The molecule has 1 rings (SSSR count). The molecule has 2 nitrogen and oxygen atoms in total. The Morgan fingerprint density at radius 1 is 1.17 bits per heavy atom. The fraction of sp³-hybridized carbons (Fsp3) is 0.571. The molecule has 0 fully saturated rings. The average Bonchev–Trinajstić information content (AvgIpc) is 2.30. The molecule has 0 atom stereocenters. The van der Waals surface area contributed by atoms with Crippen molar-refractivity contribution in [2.75, 3.05) is 26.2 Å². The Morgan fingerprint density at radius 2 is 1.89 bits per heavy atom. The van der Waals surface area contributed by atoms with Crippen LogP contribution in [-0.4, -0.2) is 26.2 Å². The molecule has 0 aliphatic heterocycles. The van der Waals surface area contributed by atoms with Crippen LogP contribution in [0.3, 0.4) is 0 Å². The predicted molar refractivity (Wildman–Crippen MR) is 75.7 cm³/mol. The number of hydrogen-bond acceptors (Lipinski definition) is 2. The van der Waals surface area contributed by atoms with Crippen LogP contribution >= 0.6 is 11.6 Å². The standard InChI is InChI=1S/C14H22ClFN2/c1-11(2)10-18-9-8-17-7-6-12-13(15)4-3-5-14(12)16/h3-5,11,17-18H,6-10H2,1-2H3. The van der Waals surface area contributed by atoms with Crippen molar-refractivity contribution in [3.8, 4) is 0 Å². The van der Waals surface area contributed by atoms with Crippen molar-refractivity contribution in [2.45, 2.75) is 20.3 Å². The van der Waals surface area contributed by atoms with Crippen LogP contribution < -0.4 is 10.6 Å². The molecule has 0 aliphatic rings. The van der Waals surface area contributed by atoms with Crippen LogP contribution in [0.4, 0.5) is 4.39 Å². The summed E-state index contributed by atoms with van der Waals surface area (Å²) in [6, 6.07) is 4.81. The molecular formula is C14H22ClFN2. The summed E-state index contributed by atoms with van der Waals surface area (Å²) >= 11 is 5.95. The van der Waals surface area contributed by atoms with Crippen molar-refractivity contribution in [1.82, 2.24) is 10.6 Å². The number of hydrogen-bond donors (Lipinski definition) is 2. The van der Waals surface area contributed by atoms with Crippen molar-refractivity contribution >= 4 is 11.6 Å². The summed E-state index contributed by atoms with van der Waals surface area (Å²) in [6.45, 7) is 7.95. The molecule has 0 saturated carbocycles. The van der Waals surface area contributed by atoms with Gasteiger partial charge < -0.3 is 10.6 Å². The molecule has 1 aromatic carbocycles. The third kappa shape index (κ3) is 5.80. The Hall–Kier alpha value is -0.640. The predicted octanol–water partition coefficient (Wildman–Crippen LogP) is 2.86. The topological polar surface area (TPSA) is 24.1 Å². The van der Waals surface area contributed by atoms with Gasteiger partial charge in [-0.25, -0.2) is 4.39 Å². The van der Waals surface area contributed by atoms with Gasteiger partial charge in [0.1, 0.15) is 5.82 Å². The highest BCUT2D eigenvalue weighted by molar-refractivity contribution is 6.31. The van der Waals surface area contributed by atoms with Crippen molar-refractivity contribution in [1.29, 1.82) is 0 Å². The highest BCUT2D eigenvalue weighted by atomic mass is 35.5. The summed E-state index contributed by atoms with van der Waals surface area (Å²) < 4.78 is 13.4. The van der Waals surface area contributed by atoms with E-state index in [0.717, 1.165) is 26.2 Å².